The molecule has 1 aromatic heterocycles. The van der Waals surface area contributed by atoms with Gasteiger partial charge < -0.3 is 5.32 Å². The summed E-state index contributed by atoms with van der Waals surface area (Å²) in [5.74, 6) is -0.360. The summed E-state index contributed by atoms with van der Waals surface area (Å²) in [4.78, 5) is 21.8. The van der Waals surface area contributed by atoms with Crippen LogP contribution in [0.25, 0.3) is 22.3 Å². The third kappa shape index (κ3) is 4.18. The molecule has 0 saturated carbocycles. The van der Waals surface area contributed by atoms with Crippen LogP contribution >= 0.6 is 11.8 Å². The summed E-state index contributed by atoms with van der Waals surface area (Å²) in [7, 11) is 0. The summed E-state index contributed by atoms with van der Waals surface area (Å²) in [6.07, 6.45) is 0. The highest BCUT2D eigenvalue weighted by Gasteiger charge is 2.13. The Hall–Kier alpha value is -3.25. The number of benzene rings is 3. The number of fused-ring (bicyclic) bond motifs is 1. The van der Waals surface area contributed by atoms with Gasteiger partial charge in [0.2, 0.25) is 5.91 Å². The highest BCUT2D eigenvalue weighted by atomic mass is 32.2. The summed E-state index contributed by atoms with van der Waals surface area (Å²) in [5.41, 5.74) is 3.84. The predicted molar refractivity (Wildman–Crippen MR) is 111 cm³/mol. The van der Waals surface area contributed by atoms with E-state index in [1.165, 1.54) is 36.0 Å². The van der Waals surface area contributed by atoms with E-state index in [0.717, 1.165) is 22.3 Å². The maximum atomic E-state index is 13.0. The molecule has 138 valence electrons. The minimum atomic E-state index is -0.341. The van der Waals surface area contributed by atoms with E-state index in [1.54, 1.807) is 0 Å². The normalized spacial score (nSPS) is 10.8. The van der Waals surface area contributed by atoms with Gasteiger partial charge in [0.15, 0.2) is 0 Å². The van der Waals surface area contributed by atoms with Crippen molar-refractivity contribution in [3.8, 4) is 11.3 Å². The Morgan fingerprint density at radius 3 is 2.21 bits per heavy atom. The Morgan fingerprint density at radius 2 is 1.50 bits per heavy atom. The van der Waals surface area contributed by atoms with Crippen LogP contribution in [0.2, 0.25) is 0 Å². The lowest BCUT2D eigenvalue weighted by molar-refractivity contribution is -0.113. The van der Waals surface area contributed by atoms with E-state index in [-0.39, 0.29) is 17.5 Å². The molecular formula is C22H16FN3OS. The van der Waals surface area contributed by atoms with Gasteiger partial charge in [0.05, 0.1) is 16.8 Å². The van der Waals surface area contributed by atoms with Gasteiger partial charge in [-0.2, -0.15) is 0 Å². The lowest BCUT2D eigenvalue weighted by Crippen LogP contribution is -2.14. The molecule has 0 aliphatic rings. The lowest BCUT2D eigenvalue weighted by Gasteiger charge is -2.10. The molecule has 0 unspecified atom stereocenters. The first-order chi connectivity index (χ1) is 13.7. The van der Waals surface area contributed by atoms with Gasteiger partial charge in [0.1, 0.15) is 16.5 Å². The molecule has 0 bridgehead atoms. The number of hydrogen-bond donors (Lipinski definition) is 1. The number of nitrogens with one attached hydrogen (secondary N) is 1. The van der Waals surface area contributed by atoms with Gasteiger partial charge in [0, 0.05) is 11.3 Å². The van der Waals surface area contributed by atoms with Gasteiger partial charge in [-0.3, -0.25) is 4.79 Å². The summed E-state index contributed by atoms with van der Waals surface area (Å²) in [6, 6.07) is 23.1. The zero-order chi connectivity index (χ0) is 19.3. The van der Waals surface area contributed by atoms with E-state index in [9.17, 15) is 9.18 Å². The monoisotopic (exact) mass is 389 g/mol. The molecule has 3 aromatic carbocycles. The van der Waals surface area contributed by atoms with E-state index in [2.05, 4.69) is 5.32 Å². The first-order valence-electron chi connectivity index (χ1n) is 8.69. The van der Waals surface area contributed by atoms with Crippen molar-refractivity contribution in [3.63, 3.8) is 0 Å². The van der Waals surface area contributed by atoms with Crippen LogP contribution in [-0.4, -0.2) is 21.6 Å². The number of para-hydroxylation sites is 2. The number of nitrogens with zero attached hydrogens (tertiary/aromatic N) is 2. The Bertz CT molecular complexity index is 1120. The summed E-state index contributed by atoms with van der Waals surface area (Å²) in [6.45, 7) is 0. The van der Waals surface area contributed by atoms with Gasteiger partial charge in [-0.25, -0.2) is 14.4 Å². The first kappa shape index (κ1) is 18.1. The maximum Gasteiger partial charge on any atom is 0.234 e. The van der Waals surface area contributed by atoms with Crippen LogP contribution in [0, 0.1) is 5.82 Å². The van der Waals surface area contributed by atoms with Gasteiger partial charge in [-0.1, -0.05) is 54.2 Å². The zero-order valence-electron chi connectivity index (χ0n) is 14.8. The Labute approximate surface area is 165 Å². The number of amides is 1. The second-order valence-electron chi connectivity index (χ2n) is 6.08. The SMILES string of the molecule is O=C(CSc1nc2ccccc2nc1-c1ccccc1)Nc1ccc(F)cc1. The van der Waals surface area contributed by atoms with Crippen molar-refractivity contribution in [1.82, 2.24) is 9.97 Å². The molecule has 4 rings (SSSR count). The van der Waals surface area contributed by atoms with Crippen LogP contribution in [0.15, 0.2) is 83.9 Å². The van der Waals surface area contributed by atoms with Crippen LogP contribution in [0.1, 0.15) is 0 Å². The number of anilines is 1. The van der Waals surface area contributed by atoms with Gasteiger partial charge in [-0.15, -0.1) is 0 Å². The Kier molecular flexibility index (Phi) is 5.30. The molecule has 28 heavy (non-hydrogen) atoms. The molecule has 1 heterocycles. The van der Waals surface area contributed by atoms with Crippen molar-refractivity contribution < 1.29 is 9.18 Å². The fraction of sp³-hybridized carbons (Fsp3) is 0.0455. The van der Waals surface area contributed by atoms with Crippen molar-refractivity contribution in [2.75, 3.05) is 11.1 Å². The number of carbonyl (C=O) groups is 1. The number of aromatic nitrogens is 2. The largest absolute Gasteiger partial charge is 0.325 e. The van der Waals surface area contributed by atoms with Crippen molar-refractivity contribution >= 4 is 34.4 Å². The Balaban J connectivity index is 1.58. The second-order valence-corrected chi connectivity index (χ2v) is 7.04. The number of halogens is 1. The number of rotatable bonds is 5. The molecule has 4 aromatic rings. The molecule has 0 fully saturated rings. The molecule has 1 amide bonds. The van der Waals surface area contributed by atoms with E-state index < -0.39 is 0 Å². The van der Waals surface area contributed by atoms with Crippen LogP contribution in [0.3, 0.4) is 0 Å². The first-order valence-corrected chi connectivity index (χ1v) is 9.68. The number of thioether (sulfide) groups is 1. The molecule has 0 saturated heterocycles. The van der Waals surface area contributed by atoms with Crippen molar-refractivity contribution in [2.24, 2.45) is 0 Å². The molecule has 0 aliphatic carbocycles. The minimum absolute atomic E-state index is 0.171. The van der Waals surface area contributed by atoms with Crippen molar-refractivity contribution in [1.29, 1.82) is 0 Å². The smallest absolute Gasteiger partial charge is 0.234 e. The van der Waals surface area contributed by atoms with Crippen LogP contribution < -0.4 is 5.32 Å². The zero-order valence-corrected chi connectivity index (χ0v) is 15.6. The van der Waals surface area contributed by atoms with Crippen molar-refractivity contribution in [3.05, 3.63) is 84.7 Å². The lowest BCUT2D eigenvalue weighted by atomic mass is 10.1. The minimum Gasteiger partial charge on any atom is -0.325 e. The quantitative estimate of drug-likeness (QED) is 0.479. The molecule has 0 aliphatic heterocycles. The molecule has 4 nitrogen and oxygen atoms in total. The molecule has 0 spiro atoms. The fourth-order valence-corrected chi connectivity index (χ4v) is 3.54. The average molecular weight is 389 g/mol. The second kappa shape index (κ2) is 8.19. The summed E-state index contributed by atoms with van der Waals surface area (Å²) < 4.78 is 13.0. The summed E-state index contributed by atoms with van der Waals surface area (Å²) in [5, 5.41) is 3.45. The molecular weight excluding hydrogens is 373 g/mol. The van der Waals surface area contributed by atoms with E-state index in [0.29, 0.717) is 10.7 Å². The highest BCUT2D eigenvalue weighted by Crippen LogP contribution is 2.30. The van der Waals surface area contributed by atoms with Gasteiger partial charge >= 0.3 is 0 Å². The Morgan fingerprint density at radius 1 is 0.857 bits per heavy atom. The summed E-state index contributed by atoms with van der Waals surface area (Å²) >= 11 is 1.33. The van der Waals surface area contributed by atoms with E-state index in [1.807, 2.05) is 54.6 Å². The fourth-order valence-electron chi connectivity index (χ4n) is 2.73. The molecule has 1 N–H and O–H groups in total. The third-order valence-electron chi connectivity index (χ3n) is 4.05. The van der Waals surface area contributed by atoms with E-state index in [4.69, 9.17) is 9.97 Å². The van der Waals surface area contributed by atoms with Crippen molar-refractivity contribution in [2.45, 2.75) is 5.03 Å². The van der Waals surface area contributed by atoms with Crippen LogP contribution in [-0.2, 0) is 4.79 Å². The molecule has 6 heteroatoms. The maximum absolute atomic E-state index is 13.0. The average Bonchev–Trinajstić information content (AvgIpc) is 2.74. The third-order valence-corrected chi connectivity index (χ3v) is 5.02. The number of carbonyl (C=O) groups excluding carboxylic acids is 1. The highest BCUT2D eigenvalue weighted by molar-refractivity contribution is 8.00. The van der Waals surface area contributed by atoms with E-state index >= 15 is 0 Å². The van der Waals surface area contributed by atoms with Gasteiger partial charge in [0.25, 0.3) is 0 Å². The predicted octanol–water partition coefficient (Wildman–Crippen LogP) is 5.17. The van der Waals surface area contributed by atoms with Gasteiger partial charge in [-0.05, 0) is 36.4 Å². The van der Waals surface area contributed by atoms with Crippen LogP contribution in [0.5, 0.6) is 0 Å². The van der Waals surface area contributed by atoms with Crippen LogP contribution in [0.4, 0.5) is 10.1 Å². The topological polar surface area (TPSA) is 54.9 Å². The molecule has 0 atom stereocenters. The molecule has 0 radical (unpaired) electrons. The standard InChI is InChI=1S/C22H16FN3OS/c23-16-10-12-17(13-11-16)24-20(27)14-28-22-21(15-6-2-1-3-7-15)25-18-8-4-5-9-19(18)26-22/h1-13H,14H2,(H,24,27). The number of hydrogen-bond acceptors (Lipinski definition) is 4.